The Morgan fingerprint density at radius 1 is 0.973 bits per heavy atom. The molecule has 2 atom stereocenters. The number of terminal acetylenes is 2. The molecule has 0 N–H and O–H groups in total. The Bertz CT molecular complexity index is 1420. The van der Waals surface area contributed by atoms with Crippen LogP contribution in [0.5, 0.6) is 5.75 Å². The van der Waals surface area contributed by atoms with Gasteiger partial charge in [0.2, 0.25) is 0 Å². The molecule has 0 saturated heterocycles. The molecule has 186 valence electrons. The molecule has 0 fully saturated rings. The molecule has 0 aromatic heterocycles. The fourth-order valence-corrected chi connectivity index (χ4v) is 4.70. The van der Waals surface area contributed by atoms with Gasteiger partial charge in [-0.2, -0.15) is 0 Å². The molecule has 0 saturated carbocycles. The van der Waals surface area contributed by atoms with Gasteiger partial charge in [-0.1, -0.05) is 62.9 Å². The molecule has 1 amide bonds. The number of hydrogen-bond acceptors (Lipinski definition) is 3. The summed E-state index contributed by atoms with van der Waals surface area (Å²) in [5, 5.41) is -0.630. The van der Waals surface area contributed by atoms with Crippen LogP contribution in [-0.4, -0.2) is 22.7 Å². The van der Waals surface area contributed by atoms with Crippen molar-refractivity contribution in [3.63, 3.8) is 0 Å². The Balaban J connectivity index is 1.92. The Morgan fingerprint density at radius 3 is 2.03 bits per heavy atom. The lowest BCUT2D eigenvalue weighted by Gasteiger charge is -2.28. The van der Waals surface area contributed by atoms with Crippen LogP contribution in [0.15, 0.2) is 71.7 Å². The SMILES string of the molecule is C#Cc1ccc(C2N=C(c3ccc(C(C)(C)C)cc3OCC)N(C(=O)Cl)C2c2ccc(C#C)cc2)cc1. The standard InChI is InChI=1S/C32H29ClN2O2/c1-7-21-10-14-23(15-11-21)28-29(24-16-12-22(8-2)13-17-24)35(31(33)36)30(34-28)26-19-18-25(32(4,5)6)20-27(26)37-9-3/h1-2,10-20,28-29H,9H2,3-6H3. The Morgan fingerprint density at radius 2 is 1.54 bits per heavy atom. The summed E-state index contributed by atoms with van der Waals surface area (Å²) in [5.41, 5.74) is 5.03. The van der Waals surface area contributed by atoms with Gasteiger partial charge >= 0.3 is 5.37 Å². The number of amides is 1. The minimum absolute atomic E-state index is 0.0769. The van der Waals surface area contributed by atoms with Crippen molar-refractivity contribution >= 4 is 22.8 Å². The highest BCUT2D eigenvalue weighted by atomic mass is 35.5. The zero-order valence-corrected chi connectivity index (χ0v) is 22.2. The molecule has 0 bridgehead atoms. The highest BCUT2D eigenvalue weighted by Gasteiger charge is 2.42. The van der Waals surface area contributed by atoms with E-state index in [-0.39, 0.29) is 5.41 Å². The summed E-state index contributed by atoms with van der Waals surface area (Å²) in [4.78, 5) is 19.6. The summed E-state index contributed by atoms with van der Waals surface area (Å²) in [6, 6.07) is 20.3. The lowest BCUT2D eigenvalue weighted by molar-refractivity contribution is 0.231. The van der Waals surface area contributed by atoms with Gasteiger partial charge in [0.1, 0.15) is 17.6 Å². The van der Waals surface area contributed by atoms with Crippen LogP contribution in [-0.2, 0) is 5.41 Å². The van der Waals surface area contributed by atoms with Crippen molar-refractivity contribution in [1.29, 1.82) is 0 Å². The number of rotatable bonds is 5. The fourth-order valence-electron chi connectivity index (χ4n) is 4.52. The van der Waals surface area contributed by atoms with Crippen LogP contribution in [0.3, 0.4) is 0 Å². The van der Waals surface area contributed by atoms with E-state index in [4.69, 9.17) is 34.2 Å². The summed E-state index contributed by atoms with van der Waals surface area (Å²) >= 11 is 6.27. The lowest BCUT2D eigenvalue weighted by Crippen LogP contribution is -2.34. The van der Waals surface area contributed by atoms with Crippen molar-refractivity contribution in [3.05, 3.63) is 100 Å². The van der Waals surface area contributed by atoms with Gasteiger partial charge in [-0.05, 0) is 77.0 Å². The monoisotopic (exact) mass is 508 g/mol. The summed E-state index contributed by atoms with van der Waals surface area (Å²) in [7, 11) is 0. The number of halogens is 1. The molecule has 0 spiro atoms. The summed E-state index contributed by atoms with van der Waals surface area (Å²) < 4.78 is 6.05. The summed E-state index contributed by atoms with van der Waals surface area (Å²) in [6.07, 6.45) is 11.1. The third kappa shape index (κ3) is 5.26. The first-order valence-electron chi connectivity index (χ1n) is 12.1. The van der Waals surface area contributed by atoms with E-state index < -0.39 is 17.5 Å². The van der Waals surface area contributed by atoms with E-state index in [0.717, 1.165) is 27.8 Å². The molecular weight excluding hydrogens is 480 g/mol. The molecule has 4 nitrogen and oxygen atoms in total. The molecule has 1 heterocycles. The Hall–Kier alpha value is -3.99. The smallest absolute Gasteiger partial charge is 0.322 e. The number of carbonyl (C=O) groups is 1. The number of ether oxygens (including phenoxy) is 1. The van der Waals surface area contributed by atoms with Gasteiger partial charge in [0.25, 0.3) is 0 Å². The normalized spacial score (nSPS) is 17.1. The molecule has 3 aromatic rings. The third-order valence-corrected chi connectivity index (χ3v) is 6.66. The van der Waals surface area contributed by atoms with Gasteiger partial charge in [0.05, 0.1) is 18.2 Å². The molecule has 1 aliphatic rings. The predicted molar refractivity (Wildman–Crippen MR) is 150 cm³/mol. The maximum atomic E-state index is 13.0. The number of hydrogen-bond donors (Lipinski definition) is 0. The molecule has 3 aromatic carbocycles. The van der Waals surface area contributed by atoms with Gasteiger partial charge in [0.15, 0.2) is 0 Å². The van der Waals surface area contributed by atoms with E-state index >= 15 is 0 Å². The number of aliphatic imine (C=N–C) groups is 1. The minimum Gasteiger partial charge on any atom is -0.493 e. The molecule has 4 rings (SSSR count). The quantitative estimate of drug-likeness (QED) is 0.207. The Labute approximate surface area is 224 Å². The predicted octanol–water partition coefficient (Wildman–Crippen LogP) is 7.25. The van der Waals surface area contributed by atoms with Gasteiger partial charge in [0, 0.05) is 11.1 Å². The Kier molecular flexibility index (Phi) is 7.44. The van der Waals surface area contributed by atoms with Crippen molar-refractivity contribution in [2.75, 3.05) is 6.61 Å². The number of benzene rings is 3. The van der Waals surface area contributed by atoms with Crippen LogP contribution in [0.1, 0.15) is 73.2 Å². The zero-order valence-electron chi connectivity index (χ0n) is 21.5. The molecule has 37 heavy (non-hydrogen) atoms. The van der Waals surface area contributed by atoms with E-state index in [2.05, 4.69) is 32.6 Å². The number of amidine groups is 1. The summed E-state index contributed by atoms with van der Waals surface area (Å²) in [6.45, 7) is 8.83. The maximum absolute atomic E-state index is 13.0. The maximum Gasteiger partial charge on any atom is 0.322 e. The zero-order chi connectivity index (χ0) is 26.7. The van der Waals surface area contributed by atoms with Crippen molar-refractivity contribution in [2.24, 2.45) is 4.99 Å². The molecule has 0 radical (unpaired) electrons. The van der Waals surface area contributed by atoms with Gasteiger partial charge < -0.3 is 4.74 Å². The van der Waals surface area contributed by atoms with E-state index in [1.807, 2.05) is 73.7 Å². The van der Waals surface area contributed by atoms with Crippen LogP contribution in [0.25, 0.3) is 0 Å². The van der Waals surface area contributed by atoms with Crippen molar-refractivity contribution in [1.82, 2.24) is 4.90 Å². The van der Waals surface area contributed by atoms with E-state index in [1.54, 1.807) is 4.90 Å². The highest BCUT2D eigenvalue weighted by Crippen LogP contribution is 2.45. The van der Waals surface area contributed by atoms with Crippen LogP contribution in [0.2, 0.25) is 0 Å². The van der Waals surface area contributed by atoms with E-state index in [0.29, 0.717) is 23.8 Å². The first kappa shape index (κ1) is 26.1. The van der Waals surface area contributed by atoms with E-state index in [9.17, 15) is 4.79 Å². The second kappa shape index (κ2) is 10.6. The van der Waals surface area contributed by atoms with Gasteiger partial charge in [-0.25, -0.2) is 0 Å². The van der Waals surface area contributed by atoms with Gasteiger partial charge in [-0.3, -0.25) is 14.7 Å². The second-order valence-corrected chi connectivity index (χ2v) is 10.2. The number of carbonyl (C=O) groups excluding carboxylic acids is 1. The molecule has 0 aliphatic carbocycles. The average Bonchev–Trinajstić information content (AvgIpc) is 3.29. The lowest BCUT2D eigenvalue weighted by atomic mass is 9.86. The van der Waals surface area contributed by atoms with Crippen LogP contribution in [0.4, 0.5) is 4.79 Å². The molecule has 1 aliphatic heterocycles. The van der Waals surface area contributed by atoms with Crippen molar-refractivity contribution in [3.8, 4) is 30.4 Å². The molecule has 2 unspecified atom stereocenters. The fraction of sp³-hybridized carbons (Fsp3) is 0.250. The average molecular weight is 509 g/mol. The van der Waals surface area contributed by atoms with Crippen molar-refractivity contribution < 1.29 is 9.53 Å². The van der Waals surface area contributed by atoms with Crippen LogP contribution >= 0.6 is 11.6 Å². The first-order chi connectivity index (χ1) is 17.7. The van der Waals surface area contributed by atoms with E-state index in [1.165, 1.54) is 0 Å². The van der Waals surface area contributed by atoms with Crippen LogP contribution < -0.4 is 4.74 Å². The molecule has 5 heteroatoms. The van der Waals surface area contributed by atoms with Crippen molar-refractivity contribution in [2.45, 2.75) is 45.2 Å². The summed E-state index contributed by atoms with van der Waals surface area (Å²) in [5.74, 6) is 6.39. The third-order valence-electron chi connectivity index (χ3n) is 6.48. The number of nitrogens with zero attached hydrogens (tertiary/aromatic N) is 2. The second-order valence-electron chi connectivity index (χ2n) is 9.89. The van der Waals surface area contributed by atoms with Crippen LogP contribution in [0, 0.1) is 24.7 Å². The van der Waals surface area contributed by atoms with Gasteiger partial charge in [-0.15, -0.1) is 12.8 Å². The topological polar surface area (TPSA) is 41.9 Å². The highest BCUT2D eigenvalue weighted by molar-refractivity contribution is 6.64. The largest absolute Gasteiger partial charge is 0.493 e. The minimum atomic E-state index is -0.630. The first-order valence-corrected chi connectivity index (χ1v) is 12.5. The molecular formula is C32H29ClN2O2.